The summed E-state index contributed by atoms with van der Waals surface area (Å²) in [5.74, 6) is 0.0107. The average Bonchev–Trinajstić information content (AvgIpc) is 2.86. The van der Waals surface area contributed by atoms with E-state index in [9.17, 15) is 9.18 Å². The number of carbonyl (C=O) groups excluding carboxylic acids is 1. The fourth-order valence-corrected chi connectivity index (χ4v) is 2.31. The number of amides is 1. The van der Waals surface area contributed by atoms with Gasteiger partial charge in [-0.15, -0.1) is 0 Å². The molecular formula is C14H18FNO2. The molecule has 3 nitrogen and oxygen atoms in total. The molecule has 1 saturated heterocycles. The highest BCUT2D eigenvalue weighted by molar-refractivity contribution is 5.76. The summed E-state index contributed by atoms with van der Waals surface area (Å²) in [4.78, 5) is 13.7. The molecule has 0 bridgehead atoms. The van der Waals surface area contributed by atoms with Crippen LogP contribution in [-0.2, 0) is 11.2 Å². The molecule has 0 aliphatic carbocycles. The van der Waals surface area contributed by atoms with Crippen molar-refractivity contribution in [3.8, 4) is 0 Å². The number of aliphatic hydroxyl groups excluding tert-OH is 1. The lowest BCUT2D eigenvalue weighted by Gasteiger charge is -2.16. The smallest absolute Gasteiger partial charge is 0.222 e. The number of hydrogen-bond acceptors (Lipinski definition) is 2. The molecule has 98 valence electrons. The van der Waals surface area contributed by atoms with Crippen LogP contribution in [0.2, 0.25) is 0 Å². The summed E-state index contributed by atoms with van der Waals surface area (Å²) in [6.07, 6.45) is 1.63. The Kier molecular flexibility index (Phi) is 4.31. The topological polar surface area (TPSA) is 40.5 Å². The van der Waals surface area contributed by atoms with Gasteiger partial charge in [-0.25, -0.2) is 4.39 Å². The van der Waals surface area contributed by atoms with Crippen molar-refractivity contribution in [1.82, 2.24) is 4.90 Å². The van der Waals surface area contributed by atoms with Crippen molar-refractivity contribution in [3.63, 3.8) is 0 Å². The lowest BCUT2D eigenvalue weighted by molar-refractivity contribution is -0.130. The van der Waals surface area contributed by atoms with Crippen molar-refractivity contribution in [2.75, 3.05) is 19.7 Å². The number of likely N-dealkylation sites (tertiary alicyclic amines) is 1. The van der Waals surface area contributed by atoms with Crippen LogP contribution in [0.15, 0.2) is 24.3 Å². The second-order valence-electron chi connectivity index (χ2n) is 4.77. The highest BCUT2D eigenvalue weighted by Crippen LogP contribution is 2.17. The molecule has 1 unspecified atom stereocenters. The van der Waals surface area contributed by atoms with E-state index in [0.717, 1.165) is 6.42 Å². The van der Waals surface area contributed by atoms with Crippen LogP contribution < -0.4 is 0 Å². The first kappa shape index (κ1) is 13.0. The Labute approximate surface area is 106 Å². The van der Waals surface area contributed by atoms with E-state index in [2.05, 4.69) is 0 Å². The summed E-state index contributed by atoms with van der Waals surface area (Å²) in [6.45, 7) is 1.48. The van der Waals surface area contributed by atoms with Gasteiger partial charge in [-0.05, 0) is 24.5 Å². The van der Waals surface area contributed by atoms with Crippen molar-refractivity contribution >= 4 is 5.91 Å². The highest BCUT2D eigenvalue weighted by atomic mass is 19.1. The van der Waals surface area contributed by atoms with Gasteiger partial charge in [0.25, 0.3) is 0 Å². The first-order valence-electron chi connectivity index (χ1n) is 6.32. The van der Waals surface area contributed by atoms with E-state index in [-0.39, 0.29) is 24.2 Å². The minimum absolute atomic E-state index is 0.0502. The molecule has 2 rings (SSSR count). The standard InChI is InChI=1S/C14H18FNO2/c15-13-4-2-1-3-12(13)5-6-14(18)16-8-7-11(9-16)10-17/h1-4,11,17H,5-10H2. The zero-order valence-electron chi connectivity index (χ0n) is 10.3. The molecule has 1 aliphatic rings. The molecule has 4 heteroatoms. The molecule has 1 amide bonds. The van der Waals surface area contributed by atoms with Gasteiger partial charge in [-0.2, -0.15) is 0 Å². The van der Waals surface area contributed by atoms with Gasteiger partial charge in [0.15, 0.2) is 0 Å². The molecule has 0 radical (unpaired) electrons. The van der Waals surface area contributed by atoms with E-state index < -0.39 is 0 Å². The normalized spacial score (nSPS) is 19.2. The van der Waals surface area contributed by atoms with Gasteiger partial charge in [0.2, 0.25) is 5.91 Å². The van der Waals surface area contributed by atoms with Crippen LogP contribution in [0.5, 0.6) is 0 Å². The molecule has 1 heterocycles. The van der Waals surface area contributed by atoms with E-state index in [1.807, 2.05) is 0 Å². The van der Waals surface area contributed by atoms with Gasteiger partial charge in [-0.3, -0.25) is 4.79 Å². The summed E-state index contributed by atoms with van der Waals surface area (Å²) < 4.78 is 13.4. The minimum atomic E-state index is -0.250. The van der Waals surface area contributed by atoms with Gasteiger partial charge in [-0.1, -0.05) is 18.2 Å². The summed E-state index contributed by atoms with van der Waals surface area (Å²) in [6, 6.07) is 6.55. The lowest BCUT2D eigenvalue weighted by atomic mass is 10.1. The second-order valence-corrected chi connectivity index (χ2v) is 4.77. The third-order valence-electron chi connectivity index (χ3n) is 3.46. The maximum absolute atomic E-state index is 13.4. The van der Waals surface area contributed by atoms with Gasteiger partial charge < -0.3 is 10.0 Å². The Hall–Kier alpha value is -1.42. The third-order valence-corrected chi connectivity index (χ3v) is 3.46. The maximum atomic E-state index is 13.4. The van der Waals surface area contributed by atoms with Crippen LogP contribution in [0.3, 0.4) is 0 Å². The predicted octanol–water partition coefficient (Wildman–Crippen LogP) is 1.60. The van der Waals surface area contributed by atoms with Crippen LogP contribution in [-0.4, -0.2) is 35.6 Å². The molecule has 18 heavy (non-hydrogen) atoms. The lowest BCUT2D eigenvalue weighted by Crippen LogP contribution is -2.29. The van der Waals surface area contributed by atoms with Crippen molar-refractivity contribution in [2.24, 2.45) is 5.92 Å². The van der Waals surface area contributed by atoms with Crippen molar-refractivity contribution < 1.29 is 14.3 Å². The fraction of sp³-hybridized carbons (Fsp3) is 0.500. The number of hydrogen-bond donors (Lipinski definition) is 1. The SMILES string of the molecule is O=C(CCc1ccccc1F)N1CCC(CO)C1. The zero-order chi connectivity index (χ0) is 13.0. The summed E-state index contributed by atoms with van der Waals surface area (Å²) in [5.41, 5.74) is 0.587. The number of benzene rings is 1. The molecule has 1 aromatic rings. The Balaban J connectivity index is 1.84. The maximum Gasteiger partial charge on any atom is 0.222 e. The molecule has 0 aromatic heterocycles. The Bertz CT molecular complexity index is 422. The van der Waals surface area contributed by atoms with Gasteiger partial charge in [0.05, 0.1) is 0 Å². The van der Waals surface area contributed by atoms with E-state index in [4.69, 9.17) is 5.11 Å². The number of carbonyl (C=O) groups is 1. The van der Waals surface area contributed by atoms with E-state index >= 15 is 0 Å². The highest BCUT2D eigenvalue weighted by Gasteiger charge is 2.25. The summed E-state index contributed by atoms with van der Waals surface area (Å²) >= 11 is 0. The van der Waals surface area contributed by atoms with Crippen LogP contribution in [0.25, 0.3) is 0 Å². The van der Waals surface area contributed by atoms with Gasteiger partial charge in [0.1, 0.15) is 5.82 Å². The van der Waals surface area contributed by atoms with Crippen molar-refractivity contribution in [1.29, 1.82) is 0 Å². The molecule has 1 atom stereocenters. The molecule has 1 N–H and O–H groups in total. The molecule has 0 spiro atoms. The largest absolute Gasteiger partial charge is 0.396 e. The quantitative estimate of drug-likeness (QED) is 0.883. The summed E-state index contributed by atoms with van der Waals surface area (Å²) in [7, 11) is 0. The number of nitrogens with zero attached hydrogens (tertiary/aromatic N) is 1. The number of halogens is 1. The number of aryl methyl sites for hydroxylation is 1. The van der Waals surface area contributed by atoms with E-state index in [1.165, 1.54) is 6.07 Å². The van der Waals surface area contributed by atoms with E-state index in [1.54, 1.807) is 23.1 Å². The van der Waals surface area contributed by atoms with E-state index in [0.29, 0.717) is 31.5 Å². The van der Waals surface area contributed by atoms with Gasteiger partial charge >= 0.3 is 0 Å². The zero-order valence-corrected chi connectivity index (χ0v) is 10.3. The number of aliphatic hydroxyl groups is 1. The average molecular weight is 251 g/mol. The minimum Gasteiger partial charge on any atom is -0.396 e. The second kappa shape index (κ2) is 5.96. The Morgan fingerprint density at radius 3 is 2.89 bits per heavy atom. The third kappa shape index (κ3) is 3.07. The predicted molar refractivity (Wildman–Crippen MR) is 66.5 cm³/mol. The van der Waals surface area contributed by atoms with Crippen molar-refractivity contribution in [3.05, 3.63) is 35.6 Å². The fourth-order valence-electron chi connectivity index (χ4n) is 2.31. The van der Waals surface area contributed by atoms with Crippen LogP contribution in [0, 0.1) is 11.7 Å². The molecule has 1 aromatic carbocycles. The molecule has 1 fully saturated rings. The molecule has 0 saturated carbocycles. The Morgan fingerprint density at radius 2 is 2.22 bits per heavy atom. The van der Waals surface area contributed by atoms with Crippen LogP contribution in [0.1, 0.15) is 18.4 Å². The first-order chi connectivity index (χ1) is 8.70. The first-order valence-corrected chi connectivity index (χ1v) is 6.32. The summed E-state index contributed by atoms with van der Waals surface area (Å²) in [5, 5.41) is 9.02. The Morgan fingerprint density at radius 1 is 1.44 bits per heavy atom. The van der Waals surface area contributed by atoms with Crippen molar-refractivity contribution in [2.45, 2.75) is 19.3 Å². The van der Waals surface area contributed by atoms with Crippen LogP contribution in [0.4, 0.5) is 4.39 Å². The van der Waals surface area contributed by atoms with Gasteiger partial charge in [0, 0.05) is 32.0 Å². The monoisotopic (exact) mass is 251 g/mol. The van der Waals surface area contributed by atoms with Crippen LogP contribution >= 0.6 is 0 Å². The molecular weight excluding hydrogens is 233 g/mol. The molecule has 1 aliphatic heterocycles. The number of rotatable bonds is 4.